The number of nitrogens with one attached hydrogen (secondary N) is 1. The van der Waals surface area contributed by atoms with Crippen LogP contribution in [0.15, 0.2) is 72.1 Å². The summed E-state index contributed by atoms with van der Waals surface area (Å²) in [6, 6.07) is 19.7. The maximum absolute atomic E-state index is 13.9. The molecule has 1 amide bonds. The number of amides is 1. The van der Waals surface area contributed by atoms with Crippen LogP contribution in [0.2, 0.25) is 0 Å². The highest BCUT2D eigenvalue weighted by Gasteiger charge is 2.47. The van der Waals surface area contributed by atoms with Crippen LogP contribution in [0.4, 0.5) is 9.18 Å². The summed E-state index contributed by atoms with van der Waals surface area (Å²) >= 11 is 1.53. The van der Waals surface area contributed by atoms with Crippen LogP contribution in [0.5, 0.6) is 5.75 Å². The van der Waals surface area contributed by atoms with Crippen molar-refractivity contribution in [3.05, 3.63) is 88.4 Å². The third-order valence-corrected chi connectivity index (χ3v) is 8.30. The Morgan fingerprint density at radius 2 is 1.91 bits per heavy atom. The van der Waals surface area contributed by atoms with Crippen molar-refractivity contribution in [1.29, 1.82) is 0 Å². The van der Waals surface area contributed by atoms with E-state index in [1.54, 1.807) is 6.07 Å². The van der Waals surface area contributed by atoms with Gasteiger partial charge in [0.2, 0.25) is 0 Å². The summed E-state index contributed by atoms with van der Waals surface area (Å²) in [6.07, 6.45) is 2.60. The van der Waals surface area contributed by atoms with Crippen molar-refractivity contribution in [2.75, 3.05) is 32.8 Å². The molecule has 2 atom stereocenters. The molecule has 3 aliphatic heterocycles. The zero-order valence-corrected chi connectivity index (χ0v) is 20.6. The van der Waals surface area contributed by atoms with E-state index in [1.807, 2.05) is 53.9 Å². The lowest BCUT2D eigenvalue weighted by atomic mass is 9.83. The van der Waals surface area contributed by atoms with Crippen molar-refractivity contribution < 1.29 is 23.1 Å². The van der Waals surface area contributed by atoms with Crippen LogP contribution in [0.25, 0.3) is 0 Å². The Hall–Kier alpha value is -2.90. The van der Waals surface area contributed by atoms with Gasteiger partial charge in [-0.2, -0.15) is 0 Å². The number of benzene rings is 2. The van der Waals surface area contributed by atoms with Gasteiger partial charge in [0.1, 0.15) is 18.1 Å². The number of rotatable bonds is 9. The van der Waals surface area contributed by atoms with Crippen molar-refractivity contribution >= 4 is 17.4 Å². The molecule has 184 valence electrons. The van der Waals surface area contributed by atoms with Gasteiger partial charge in [-0.25, -0.2) is 9.18 Å². The maximum atomic E-state index is 13.9. The van der Waals surface area contributed by atoms with Gasteiger partial charge in [-0.05, 0) is 41.3 Å². The number of nitrogens with zero attached hydrogens (tertiary/aromatic N) is 1. The molecule has 0 aliphatic carbocycles. The molecule has 2 bridgehead atoms. The van der Waals surface area contributed by atoms with Crippen LogP contribution in [-0.2, 0) is 4.74 Å². The first-order chi connectivity index (χ1) is 17.1. The van der Waals surface area contributed by atoms with Crippen LogP contribution >= 0.6 is 11.3 Å². The summed E-state index contributed by atoms with van der Waals surface area (Å²) < 4.78 is 26.8. The second-order valence-corrected chi connectivity index (χ2v) is 10.6. The summed E-state index contributed by atoms with van der Waals surface area (Å²) in [5, 5.41) is 4.96. The average molecular weight is 496 g/mol. The Labute approximate surface area is 210 Å². The van der Waals surface area contributed by atoms with E-state index in [0.717, 1.165) is 60.6 Å². The van der Waals surface area contributed by atoms with Gasteiger partial charge in [-0.3, -0.25) is 0 Å². The zero-order chi connectivity index (χ0) is 24.1. The van der Waals surface area contributed by atoms with Crippen molar-refractivity contribution in [3.63, 3.8) is 0 Å². The first-order valence-corrected chi connectivity index (χ1v) is 13.3. The van der Waals surface area contributed by atoms with E-state index in [1.165, 1.54) is 23.5 Å². The first kappa shape index (κ1) is 23.8. The molecule has 1 aromatic heterocycles. The van der Waals surface area contributed by atoms with Crippen molar-refractivity contribution in [1.82, 2.24) is 5.32 Å². The van der Waals surface area contributed by atoms with E-state index in [0.29, 0.717) is 18.1 Å². The molecular weight excluding hydrogens is 463 g/mol. The molecule has 1 N–H and O–H groups in total. The van der Waals surface area contributed by atoms with Crippen LogP contribution in [0.1, 0.15) is 35.7 Å². The SMILES string of the molecule is O=C(NC(c1cccc(F)c1)c1cccs1)O[C@H]1C[N+]2(CCCOc3ccccc3)CCC1CC2. The lowest BCUT2D eigenvalue weighted by Gasteiger charge is -2.52. The van der Waals surface area contributed by atoms with E-state index in [2.05, 4.69) is 5.32 Å². The molecule has 1 unspecified atom stereocenters. The number of fused-ring (bicyclic) bond motifs is 3. The number of hydrogen-bond acceptors (Lipinski definition) is 4. The number of halogens is 1. The van der Waals surface area contributed by atoms with Gasteiger partial charge in [0.05, 0.1) is 32.3 Å². The number of hydrogen-bond donors (Lipinski definition) is 1. The van der Waals surface area contributed by atoms with E-state index < -0.39 is 12.1 Å². The van der Waals surface area contributed by atoms with Gasteiger partial charge in [-0.15, -0.1) is 11.3 Å². The van der Waals surface area contributed by atoms with Gasteiger partial charge in [-0.1, -0.05) is 36.4 Å². The van der Waals surface area contributed by atoms with Crippen molar-refractivity contribution in [3.8, 4) is 5.75 Å². The molecule has 0 spiro atoms. The van der Waals surface area contributed by atoms with E-state index in [-0.39, 0.29) is 11.9 Å². The van der Waals surface area contributed by atoms with E-state index >= 15 is 0 Å². The predicted molar refractivity (Wildman–Crippen MR) is 135 cm³/mol. The highest BCUT2D eigenvalue weighted by atomic mass is 32.1. The molecule has 4 heterocycles. The maximum Gasteiger partial charge on any atom is 0.408 e. The fourth-order valence-electron chi connectivity index (χ4n) is 5.53. The van der Waals surface area contributed by atoms with Crippen LogP contribution in [0.3, 0.4) is 0 Å². The Bertz CT molecular complexity index is 1100. The summed E-state index contributed by atoms with van der Waals surface area (Å²) in [5.41, 5.74) is 0.709. The molecule has 2 aromatic carbocycles. The smallest absolute Gasteiger partial charge is 0.408 e. The topological polar surface area (TPSA) is 47.6 Å². The van der Waals surface area contributed by atoms with Gasteiger partial charge < -0.3 is 19.3 Å². The number of ether oxygens (including phenoxy) is 2. The number of para-hydroxylation sites is 1. The highest BCUT2D eigenvalue weighted by molar-refractivity contribution is 7.10. The lowest BCUT2D eigenvalue weighted by molar-refractivity contribution is -0.946. The minimum absolute atomic E-state index is 0.0935. The van der Waals surface area contributed by atoms with E-state index in [4.69, 9.17) is 9.47 Å². The van der Waals surface area contributed by atoms with Gasteiger partial charge >= 0.3 is 6.09 Å². The third kappa shape index (κ3) is 5.85. The molecule has 3 fully saturated rings. The summed E-state index contributed by atoms with van der Waals surface area (Å²) in [6.45, 7) is 4.85. The number of thiophene rings is 1. The fraction of sp³-hybridized carbons (Fsp3) is 0.393. The Morgan fingerprint density at radius 3 is 2.66 bits per heavy atom. The quantitative estimate of drug-likeness (QED) is 0.302. The highest BCUT2D eigenvalue weighted by Crippen LogP contribution is 2.36. The molecule has 6 rings (SSSR count). The number of carbonyl (C=O) groups is 1. The van der Waals surface area contributed by atoms with Crippen molar-refractivity contribution in [2.24, 2.45) is 5.92 Å². The Balaban J connectivity index is 1.18. The largest absolute Gasteiger partial charge is 0.493 e. The van der Waals surface area contributed by atoms with Crippen molar-refractivity contribution in [2.45, 2.75) is 31.4 Å². The minimum atomic E-state index is -0.433. The predicted octanol–water partition coefficient (Wildman–Crippen LogP) is 5.78. The third-order valence-electron chi connectivity index (χ3n) is 7.36. The average Bonchev–Trinajstić information content (AvgIpc) is 3.41. The Kier molecular flexibility index (Phi) is 7.35. The standard InChI is InChI=1S/C28H31FN2O3S/c29-23-8-4-7-22(19-23)27(26-11-5-18-35-26)30-28(32)34-25-20-31(15-12-21(25)13-16-31)14-6-17-33-24-9-2-1-3-10-24/h1-5,7-11,18-19,21,25,27H,6,12-17,20H2/p+1/t21?,25-,27?,31?/m0/s1. The van der Waals surface area contributed by atoms with Crippen LogP contribution in [0, 0.1) is 11.7 Å². The van der Waals surface area contributed by atoms with Gasteiger partial charge in [0.15, 0.2) is 6.10 Å². The molecule has 3 aliphatic rings. The minimum Gasteiger partial charge on any atom is -0.493 e. The van der Waals surface area contributed by atoms with Gasteiger partial charge in [0, 0.05) is 30.1 Å². The molecule has 3 aromatic rings. The molecular formula is C28H32FN2O3S+. The summed E-state index contributed by atoms with van der Waals surface area (Å²) in [4.78, 5) is 14.0. The molecule has 35 heavy (non-hydrogen) atoms. The fourth-order valence-corrected chi connectivity index (χ4v) is 6.33. The summed E-state index contributed by atoms with van der Waals surface area (Å²) in [5.74, 6) is 0.997. The first-order valence-electron chi connectivity index (χ1n) is 12.4. The second kappa shape index (κ2) is 10.8. The van der Waals surface area contributed by atoms with Crippen LogP contribution < -0.4 is 10.1 Å². The van der Waals surface area contributed by atoms with E-state index in [9.17, 15) is 9.18 Å². The molecule has 3 saturated heterocycles. The summed E-state index contributed by atoms with van der Waals surface area (Å²) in [7, 11) is 0. The van der Waals surface area contributed by atoms with Crippen LogP contribution in [-0.4, -0.2) is 49.5 Å². The molecule has 7 heteroatoms. The number of piperidine rings is 3. The Morgan fingerprint density at radius 1 is 1.09 bits per heavy atom. The molecule has 0 saturated carbocycles. The molecule has 0 radical (unpaired) electrons. The monoisotopic (exact) mass is 495 g/mol. The second-order valence-electron chi connectivity index (χ2n) is 9.64. The lowest BCUT2D eigenvalue weighted by Crippen LogP contribution is -2.65. The normalized spacial score (nSPS) is 24.0. The number of alkyl carbamates (subject to hydrolysis) is 1. The zero-order valence-electron chi connectivity index (χ0n) is 19.8. The van der Waals surface area contributed by atoms with Gasteiger partial charge in [0.25, 0.3) is 0 Å². The number of carbonyl (C=O) groups excluding carboxylic acids is 1. The number of quaternary nitrogens is 1. The molecule has 5 nitrogen and oxygen atoms in total.